The van der Waals surface area contributed by atoms with Crippen LogP contribution in [0.5, 0.6) is 0 Å². The van der Waals surface area contributed by atoms with Crippen molar-refractivity contribution in [1.29, 1.82) is 0 Å². The van der Waals surface area contributed by atoms with E-state index in [0.29, 0.717) is 11.4 Å². The van der Waals surface area contributed by atoms with Gasteiger partial charge in [0.05, 0.1) is 17.6 Å². The third kappa shape index (κ3) is 3.37. The minimum atomic E-state index is 0.671. The molecule has 0 spiro atoms. The topological polar surface area (TPSA) is 82.7 Å². The Morgan fingerprint density at radius 3 is 2.57 bits per heavy atom. The van der Waals surface area contributed by atoms with Crippen LogP contribution in [-0.4, -0.2) is 24.3 Å². The Kier molecular flexibility index (Phi) is 4.05. The Bertz CT molecular complexity index is 820. The number of nitrogen functional groups attached to an aromatic ring is 1. The summed E-state index contributed by atoms with van der Waals surface area (Å²) in [6.07, 6.45) is 1.65. The molecule has 0 atom stereocenters. The average molecular weight is 306 g/mol. The van der Waals surface area contributed by atoms with Crippen molar-refractivity contribution < 1.29 is 0 Å². The second-order valence-corrected chi connectivity index (χ2v) is 5.37. The predicted molar refractivity (Wildman–Crippen MR) is 93.4 cm³/mol. The van der Waals surface area contributed by atoms with Crippen LogP contribution in [0.4, 0.5) is 22.7 Å². The third-order valence-corrected chi connectivity index (χ3v) is 3.39. The number of nitrogens with zero attached hydrogens (tertiary/aromatic N) is 4. The molecule has 116 valence electrons. The van der Waals surface area contributed by atoms with Gasteiger partial charge < -0.3 is 10.6 Å². The van der Waals surface area contributed by atoms with Crippen molar-refractivity contribution in [2.24, 2.45) is 10.2 Å². The number of nitrogens with one attached hydrogen (secondary N) is 1. The van der Waals surface area contributed by atoms with Crippen LogP contribution in [0.15, 0.2) is 65.0 Å². The number of aromatic nitrogens is 2. The fourth-order valence-corrected chi connectivity index (χ4v) is 2.21. The third-order valence-electron chi connectivity index (χ3n) is 3.39. The molecule has 6 heteroatoms. The van der Waals surface area contributed by atoms with Crippen LogP contribution in [0.2, 0.25) is 0 Å². The maximum atomic E-state index is 6.00. The number of azo groups is 1. The minimum absolute atomic E-state index is 0.671. The molecule has 2 aromatic carbocycles. The average Bonchev–Trinajstić information content (AvgIpc) is 3.02. The fourth-order valence-electron chi connectivity index (χ4n) is 2.21. The van der Waals surface area contributed by atoms with Crippen molar-refractivity contribution in [3.63, 3.8) is 0 Å². The standard InChI is InChI=1S/C17H18N6/c1-23(2)15-9-12(8-13(18)10-15)17-16(11-19-22-17)21-20-14-6-4-3-5-7-14/h3-11H,18H2,1-2H3,(H,19,22). The second-order valence-electron chi connectivity index (χ2n) is 5.37. The smallest absolute Gasteiger partial charge is 0.131 e. The van der Waals surface area contributed by atoms with E-state index in [2.05, 4.69) is 20.4 Å². The molecule has 0 saturated heterocycles. The zero-order valence-corrected chi connectivity index (χ0v) is 13.1. The molecule has 0 aliphatic rings. The van der Waals surface area contributed by atoms with E-state index in [0.717, 1.165) is 22.6 Å². The van der Waals surface area contributed by atoms with Gasteiger partial charge in [-0.05, 0) is 30.3 Å². The van der Waals surface area contributed by atoms with E-state index in [1.807, 2.05) is 67.5 Å². The van der Waals surface area contributed by atoms with Gasteiger partial charge in [0, 0.05) is 31.0 Å². The largest absolute Gasteiger partial charge is 0.399 e. The summed E-state index contributed by atoms with van der Waals surface area (Å²) in [5, 5.41) is 15.6. The van der Waals surface area contributed by atoms with Crippen LogP contribution < -0.4 is 10.6 Å². The molecule has 0 unspecified atom stereocenters. The number of rotatable bonds is 4. The number of anilines is 2. The monoisotopic (exact) mass is 306 g/mol. The van der Waals surface area contributed by atoms with E-state index in [1.54, 1.807) is 6.20 Å². The summed E-state index contributed by atoms with van der Waals surface area (Å²) in [5.41, 5.74) is 10.9. The molecular formula is C17H18N6. The number of H-pyrrole nitrogens is 1. The van der Waals surface area contributed by atoms with Gasteiger partial charge in [-0.15, -0.1) is 5.11 Å². The van der Waals surface area contributed by atoms with Crippen molar-refractivity contribution in [1.82, 2.24) is 10.2 Å². The number of aromatic amines is 1. The summed E-state index contributed by atoms with van der Waals surface area (Å²) in [6, 6.07) is 15.4. The molecule has 6 nitrogen and oxygen atoms in total. The normalized spacial score (nSPS) is 11.0. The van der Waals surface area contributed by atoms with Gasteiger partial charge in [0.25, 0.3) is 0 Å². The lowest BCUT2D eigenvalue weighted by Gasteiger charge is -2.14. The summed E-state index contributed by atoms with van der Waals surface area (Å²) >= 11 is 0. The van der Waals surface area contributed by atoms with Crippen LogP contribution in [0.25, 0.3) is 11.3 Å². The molecule has 0 fully saturated rings. The zero-order valence-electron chi connectivity index (χ0n) is 13.1. The lowest BCUT2D eigenvalue weighted by Crippen LogP contribution is -2.09. The van der Waals surface area contributed by atoms with Crippen LogP contribution in [0.1, 0.15) is 0 Å². The first-order chi connectivity index (χ1) is 11.1. The van der Waals surface area contributed by atoms with E-state index >= 15 is 0 Å². The van der Waals surface area contributed by atoms with Gasteiger partial charge in [0.15, 0.2) is 0 Å². The summed E-state index contributed by atoms with van der Waals surface area (Å²) in [4.78, 5) is 2.00. The van der Waals surface area contributed by atoms with Gasteiger partial charge in [0.1, 0.15) is 5.69 Å². The molecule has 0 radical (unpaired) electrons. The van der Waals surface area contributed by atoms with Gasteiger partial charge in [-0.25, -0.2) is 0 Å². The predicted octanol–water partition coefficient (Wildman–Crippen LogP) is 4.14. The molecule has 1 heterocycles. The fraction of sp³-hybridized carbons (Fsp3) is 0.118. The lowest BCUT2D eigenvalue weighted by atomic mass is 10.1. The number of hydrogen-bond acceptors (Lipinski definition) is 5. The number of nitrogens with two attached hydrogens (primary N) is 1. The molecule has 0 saturated carbocycles. The maximum Gasteiger partial charge on any atom is 0.131 e. The molecule has 23 heavy (non-hydrogen) atoms. The van der Waals surface area contributed by atoms with Crippen molar-refractivity contribution >= 4 is 22.7 Å². The molecule has 3 N–H and O–H groups in total. The van der Waals surface area contributed by atoms with Crippen LogP contribution in [0, 0.1) is 0 Å². The van der Waals surface area contributed by atoms with Gasteiger partial charge >= 0.3 is 0 Å². The van der Waals surface area contributed by atoms with E-state index in [-0.39, 0.29) is 0 Å². The molecule has 0 aliphatic heterocycles. The highest BCUT2D eigenvalue weighted by atomic mass is 15.2. The van der Waals surface area contributed by atoms with Gasteiger partial charge in [-0.2, -0.15) is 10.2 Å². The van der Waals surface area contributed by atoms with E-state index < -0.39 is 0 Å². The highest BCUT2D eigenvalue weighted by Gasteiger charge is 2.10. The number of benzene rings is 2. The summed E-state index contributed by atoms with van der Waals surface area (Å²) < 4.78 is 0. The minimum Gasteiger partial charge on any atom is -0.399 e. The van der Waals surface area contributed by atoms with Crippen molar-refractivity contribution in [2.75, 3.05) is 24.7 Å². The summed E-state index contributed by atoms with van der Waals surface area (Å²) in [5.74, 6) is 0. The summed E-state index contributed by atoms with van der Waals surface area (Å²) in [7, 11) is 3.95. The Balaban J connectivity index is 1.97. The lowest BCUT2D eigenvalue weighted by molar-refractivity contribution is 1.09. The zero-order chi connectivity index (χ0) is 16.2. The van der Waals surface area contributed by atoms with Crippen LogP contribution in [-0.2, 0) is 0 Å². The highest BCUT2D eigenvalue weighted by Crippen LogP contribution is 2.32. The van der Waals surface area contributed by atoms with Crippen molar-refractivity contribution in [2.45, 2.75) is 0 Å². The SMILES string of the molecule is CN(C)c1cc(N)cc(-c2[nH]ncc2N=Nc2ccccc2)c1. The van der Waals surface area contributed by atoms with Gasteiger partial charge in [-0.3, -0.25) is 5.10 Å². The summed E-state index contributed by atoms with van der Waals surface area (Å²) in [6.45, 7) is 0. The van der Waals surface area contributed by atoms with E-state index in [1.165, 1.54) is 0 Å². The Morgan fingerprint density at radius 2 is 1.83 bits per heavy atom. The number of hydrogen-bond donors (Lipinski definition) is 2. The first kappa shape index (κ1) is 14.8. The Hall–Kier alpha value is -3.15. The highest BCUT2D eigenvalue weighted by molar-refractivity contribution is 5.77. The first-order valence-electron chi connectivity index (χ1n) is 7.22. The molecule has 0 bridgehead atoms. The van der Waals surface area contributed by atoms with Gasteiger partial charge in [0.2, 0.25) is 0 Å². The molecular weight excluding hydrogens is 288 g/mol. The maximum absolute atomic E-state index is 6.00. The first-order valence-corrected chi connectivity index (χ1v) is 7.22. The molecule has 3 rings (SSSR count). The van der Waals surface area contributed by atoms with Crippen molar-refractivity contribution in [3.05, 3.63) is 54.7 Å². The molecule has 0 amide bonds. The quantitative estimate of drug-likeness (QED) is 0.561. The van der Waals surface area contributed by atoms with Crippen LogP contribution in [0.3, 0.4) is 0 Å². The Morgan fingerprint density at radius 1 is 1.04 bits per heavy atom. The van der Waals surface area contributed by atoms with Crippen molar-refractivity contribution in [3.8, 4) is 11.3 Å². The van der Waals surface area contributed by atoms with Crippen LogP contribution >= 0.6 is 0 Å². The molecule has 1 aromatic heterocycles. The molecule has 0 aliphatic carbocycles. The van der Waals surface area contributed by atoms with E-state index in [4.69, 9.17) is 5.73 Å². The second kappa shape index (κ2) is 6.31. The van der Waals surface area contributed by atoms with E-state index in [9.17, 15) is 0 Å². The Labute approximate surface area is 134 Å². The van der Waals surface area contributed by atoms with Gasteiger partial charge in [-0.1, -0.05) is 18.2 Å². The molecule has 3 aromatic rings.